The Morgan fingerprint density at radius 1 is 1.06 bits per heavy atom. The quantitative estimate of drug-likeness (QED) is 0.382. The van der Waals surface area contributed by atoms with Crippen molar-refractivity contribution in [2.75, 3.05) is 10.8 Å². The van der Waals surface area contributed by atoms with Crippen molar-refractivity contribution in [2.45, 2.75) is 25.7 Å². The minimum absolute atomic E-state index is 0.0193. The fourth-order valence-electron chi connectivity index (χ4n) is 3.04. The molecule has 33 heavy (non-hydrogen) atoms. The average molecular weight is 486 g/mol. The van der Waals surface area contributed by atoms with Crippen molar-refractivity contribution in [2.24, 2.45) is 5.10 Å². The van der Waals surface area contributed by atoms with Gasteiger partial charge < -0.3 is 5.11 Å². The molecule has 172 valence electrons. The number of phenols is 1. The first-order chi connectivity index (χ1) is 15.6. The zero-order chi connectivity index (χ0) is 24.2. The molecule has 0 fully saturated rings. The molecule has 1 amide bonds. The van der Waals surface area contributed by atoms with Gasteiger partial charge in [0.05, 0.1) is 16.3 Å². The fraction of sp³-hybridized carbons (Fsp3) is 0.167. The Hall–Kier alpha value is -3.36. The summed E-state index contributed by atoms with van der Waals surface area (Å²) >= 11 is 6.23. The highest BCUT2D eigenvalue weighted by Gasteiger charge is 2.27. The minimum atomic E-state index is -4.07. The number of amides is 1. The van der Waals surface area contributed by atoms with Crippen molar-refractivity contribution in [1.29, 1.82) is 0 Å². The number of phenolic OH excluding ortho intramolecular Hbond substituents is 1. The van der Waals surface area contributed by atoms with Gasteiger partial charge in [0, 0.05) is 10.6 Å². The summed E-state index contributed by atoms with van der Waals surface area (Å²) < 4.78 is 27.8. The van der Waals surface area contributed by atoms with Crippen LogP contribution < -0.4 is 9.73 Å². The first kappa shape index (κ1) is 24.3. The number of para-hydroxylation sites is 1. The van der Waals surface area contributed by atoms with Gasteiger partial charge in [-0.1, -0.05) is 47.5 Å². The SMILES string of the molecule is C/C(=N/NC(=O)CN(c1ccc(C)c(Cl)c1)S(=O)(=O)c1ccc(C)cc1)c1ccccc1O. The first-order valence-electron chi connectivity index (χ1n) is 10.1. The first-order valence-corrected chi connectivity index (χ1v) is 11.9. The average Bonchev–Trinajstić information content (AvgIpc) is 2.78. The molecule has 0 spiro atoms. The Morgan fingerprint density at radius 2 is 1.73 bits per heavy atom. The number of halogens is 1. The standard InChI is InChI=1S/C24H24ClN3O4S/c1-16-8-12-20(13-9-16)33(31,32)28(19-11-10-17(2)22(25)14-19)15-24(30)27-26-18(3)21-6-4-5-7-23(21)29/h4-14,29H,15H2,1-3H3,(H,27,30)/b26-18-. The normalized spacial score (nSPS) is 11.8. The summed E-state index contributed by atoms with van der Waals surface area (Å²) in [5.74, 6) is -0.636. The van der Waals surface area contributed by atoms with Gasteiger partial charge in [0.15, 0.2) is 0 Å². The number of carbonyl (C=O) groups excluding carboxylic acids is 1. The number of benzene rings is 3. The molecule has 3 aromatic rings. The lowest BCUT2D eigenvalue weighted by Crippen LogP contribution is -2.39. The van der Waals surface area contributed by atoms with E-state index < -0.39 is 22.5 Å². The maximum absolute atomic E-state index is 13.4. The summed E-state index contributed by atoms with van der Waals surface area (Å²) in [5, 5.41) is 14.3. The van der Waals surface area contributed by atoms with Gasteiger partial charge in [0.1, 0.15) is 12.3 Å². The Labute approximate surface area is 198 Å². The summed E-state index contributed by atoms with van der Waals surface area (Å²) in [7, 11) is -4.07. The molecule has 0 bridgehead atoms. The number of nitrogens with zero attached hydrogens (tertiary/aromatic N) is 2. The van der Waals surface area contributed by atoms with Crippen molar-refractivity contribution >= 4 is 38.9 Å². The zero-order valence-electron chi connectivity index (χ0n) is 18.4. The lowest BCUT2D eigenvalue weighted by Gasteiger charge is -2.24. The van der Waals surface area contributed by atoms with Crippen molar-refractivity contribution in [3.05, 3.63) is 88.4 Å². The van der Waals surface area contributed by atoms with E-state index in [1.165, 1.54) is 24.3 Å². The van der Waals surface area contributed by atoms with Gasteiger partial charge in [-0.25, -0.2) is 13.8 Å². The summed E-state index contributed by atoms with van der Waals surface area (Å²) in [4.78, 5) is 12.8. The molecule has 0 aromatic heterocycles. The van der Waals surface area contributed by atoms with E-state index in [0.29, 0.717) is 16.3 Å². The third kappa shape index (κ3) is 5.71. The second kappa shape index (κ2) is 10.1. The van der Waals surface area contributed by atoms with Crippen LogP contribution in [0.15, 0.2) is 76.7 Å². The molecule has 0 aliphatic heterocycles. The zero-order valence-corrected chi connectivity index (χ0v) is 20.0. The van der Waals surface area contributed by atoms with E-state index in [-0.39, 0.29) is 16.3 Å². The highest BCUT2D eigenvalue weighted by Crippen LogP contribution is 2.28. The molecule has 9 heteroatoms. The number of aromatic hydroxyl groups is 1. The molecule has 0 radical (unpaired) electrons. The van der Waals surface area contributed by atoms with Gasteiger partial charge >= 0.3 is 0 Å². The number of sulfonamides is 1. The third-order valence-corrected chi connectivity index (χ3v) is 7.18. The highest BCUT2D eigenvalue weighted by molar-refractivity contribution is 7.92. The number of hydrazone groups is 1. The van der Waals surface area contributed by atoms with Gasteiger partial charge in [0.2, 0.25) is 0 Å². The van der Waals surface area contributed by atoms with Crippen molar-refractivity contribution in [3.8, 4) is 5.75 Å². The number of rotatable bonds is 7. The van der Waals surface area contributed by atoms with E-state index in [1.54, 1.807) is 56.3 Å². The van der Waals surface area contributed by atoms with Crippen LogP contribution in [0, 0.1) is 13.8 Å². The van der Waals surface area contributed by atoms with Crippen LogP contribution in [0.4, 0.5) is 5.69 Å². The van der Waals surface area contributed by atoms with Crippen LogP contribution in [0.3, 0.4) is 0 Å². The highest BCUT2D eigenvalue weighted by atomic mass is 35.5. The molecule has 0 saturated carbocycles. The monoisotopic (exact) mass is 485 g/mol. The number of carbonyl (C=O) groups is 1. The van der Waals surface area contributed by atoms with E-state index >= 15 is 0 Å². The number of nitrogens with one attached hydrogen (secondary N) is 1. The molecule has 0 aliphatic rings. The molecule has 0 saturated heterocycles. The van der Waals surface area contributed by atoms with Crippen LogP contribution in [0.5, 0.6) is 5.75 Å². The van der Waals surface area contributed by atoms with Gasteiger partial charge in [-0.15, -0.1) is 0 Å². The molecule has 0 aliphatic carbocycles. The largest absolute Gasteiger partial charge is 0.507 e. The lowest BCUT2D eigenvalue weighted by atomic mass is 10.1. The number of aryl methyl sites for hydroxylation is 2. The molecule has 0 atom stereocenters. The van der Waals surface area contributed by atoms with Gasteiger partial charge in [-0.2, -0.15) is 5.10 Å². The molecular weight excluding hydrogens is 462 g/mol. The van der Waals surface area contributed by atoms with Crippen LogP contribution in [0.2, 0.25) is 5.02 Å². The van der Waals surface area contributed by atoms with E-state index in [2.05, 4.69) is 10.5 Å². The Morgan fingerprint density at radius 3 is 2.36 bits per heavy atom. The van der Waals surface area contributed by atoms with Crippen LogP contribution in [-0.2, 0) is 14.8 Å². The third-order valence-electron chi connectivity index (χ3n) is 4.98. The predicted octanol–water partition coefficient (Wildman–Crippen LogP) is 4.40. The second-order valence-corrected chi connectivity index (χ2v) is 9.78. The van der Waals surface area contributed by atoms with Gasteiger partial charge in [-0.05, 0) is 62.7 Å². The summed E-state index contributed by atoms with van der Waals surface area (Å²) in [5.41, 5.74) is 5.12. The fourth-order valence-corrected chi connectivity index (χ4v) is 4.63. The Bertz CT molecular complexity index is 1310. The molecule has 3 rings (SSSR count). The van der Waals surface area contributed by atoms with Crippen LogP contribution in [0.25, 0.3) is 0 Å². The van der Waals surface area contributed by atoms with E-state index in [4.69, 9.17) is 11.6 Å². The summed E-state index contributed by atoms with van der Waals surface area (Å²) in [6.07, 6.45) is 0. The van der Waals surface area contributed by atoms with E-state index in [0.717, 1.165) is 15.4 Å². The number of hydrogen-bond acceptors (Lipinski definition) is 5. The maximum Gasteiger partial charge on any atom is 0.264 e. The van der Waals surface area contributed by atoms with Crippen LogP contribution >= 0.6 is 11.6 Å². The Kier molecular flexibility index (Phi) is 7.40. The lowest BCUT2D eigenvalue weighted by molar-refractivity contribution is -0.119. The molecule has 3 aromatic carbocycles. The van der Waals surface area contributed by atoms with Crippen molar-refractivity contribution in [1.82, 2.24) is 5.43 Å². The van der Waals surface area contributed by atoms with Crippen LogP contribution in [0.1, 0.15) is 23.6 Å². The molecular formula is C24H24ClN3O4S. The summed E-state index contributed by atoms with van der Waals surface area (Å²) in [6, 6.07) is 17.7. The smallest absolute Gasteiger partial charge is 0.264 e. The summed E-state index contributed by atoms with van der Waals surface area (Å²) in [6.45, 7) is 4.75. The molecule has 0 unspecified atom stereocenters. The van der Waals surface area contributed by atoms with Gasteiger partial charge in [-0.3, -0.25) is 9.10 Å². The molecule has 7 nitrogen and oxygen atoms in total. The van der Waals surface area contributed by atoms with E-state index in [1.807, 2.05) is 6.92 Å². The van der Waals surface area contributed by atoms with Gasteiger partial charge in [0.25, 0.3) is 15.9 Å². The van der Waals surface area contributed by atoms with Crippen molar-refractivity contribution in [3.63, 3.8) is 0 Å². The van der Waals surface area contributed by atoms with Crippen LogP contribution in [-0.4, -0.2) is 31.7 Å². The second-order valence-electron chi connectivity index (χ2n) is 7.51. The minimum Gasteiger partial charge on any atom is -0.507 e. The number of anilines is 1. The van der Waals surface area contributed by atoms with Crippen molar-refractivity contribution < 1.29 is 18.3 Å². The number of hydrogen-bond donors (Lipinski definition) is 2. The molecule has 0 heterocycles. The maximum atomic E-state index is 13.4. The van der Waals surface area contributed by atoms with E-state index in [9.17, 15) is 18.3 Å². The predicted molar refractivity (Wildman–Crippen MR) is 130 cm³/mol. The topological polar surface area (TPSA) is 99.1 Å². The molecule has 2 N–H and O–H groups in total. The Balaban J connectivity index is 1.92.